The zero-order valence-electron chi connectivity index (χ0n) is 12.1. The van der Waals surface area contributed by atoms with Gasteiger partial charge in [0.05, 0.1) is 18.4 Å². The summed E-state index contributed by atoms with van der Waals surface area (Å²) in [6.45, 7) is 2.45. The molecule has 0 spiro atoms. The Morgan fingerprint density at radius 3 is 2.77 bits per heavy atom. The molecule has 3 heterocycles. The summed E-state index contributed by atoms with van der Waals surface area (Å²) in [4.78, 5) is 8.38. The molecule has 6 nitrogen and oxygen atoms in total. The Labute approximate surface area is 129 Å². The van der Waals surface area contributed by atoms with E-state index >= 15 is 0 Å². The summed E-state index contributed by atoms with van der Waals surface area (Å²) in [5.74, 6) is 0. The van der Waals surface area contributed by atoms with Gasteiger partial charge in [-0.3, -0.25) is 4.98 Å². The van der Waals surface area contributed by atoms with Gasteiger partial charge in [-0.05, 0) is 24.3 Å². The quantitative estimate of drug-likeness (QED) is 0.721. The minimum atomic E-state index is -3.57. The van der Waals surface area contributed by atoms with Crippen LogP contribution >= 0.6 is 0 Å². The average molecular weight is 316 g/mol. The Morgan fingerprint density at radius 2 is 2.05 bits per heavy atom. The average Bonchev–Trinajstić information content (AvgIpc) is 2.96. The van der Waals surface area contributed by atoms with Crippen molar-refractivity contribution in [3.63, 3.8) is 0 Å². The molecule has 0 aromatic carbocycles. The second-order valence-corrected chi connectivity index (χ2v) is 6.74. The van der Waals surface area contributed by atoms with E-state index in [0.29, 0.717) is 6.54 Å². The van der Waals surface area contributed by atoms with Gasteiger partial charge in [0.1, 0.15) is 10.5 Å². The van der Waals surface area contributed by atoms with Crippen LogP contribution in [0.4, 0.5) is 0 Å². The normalized spacial score (nSPS) is 12.1. The molecule has 3 rings (SSSR count). The third-order valence-corrected chi connectivity index (χ3v) is 5.36. The van der Waals surface area contributed by atoms with Crippen molar-refractivity contribution in [2.45, 2.75) is 18.4 Å². The first-order chi connectivity index (χ1) is 10.6. The SMILES string of the molecule is CCN(Cc1cnc2ccccn12)S(=O)(=O)c1cccnc1. The Morgan fingerprint density at radius 1 is 1.18 bits per heavy atom. The van der Waals surface area contributed by atoms with E-state index in [1.807, 2.05) is 35.7 Å². The Bertz CT molecular complexity index is 875. The molecule has 0 aliphatic carbocycles. The van der Waals surface area contributed by atoms with Crippen molar-refractivity contribution in [2.24, 2.45) is 0 Å². The van der Waals surface area contributed by atoms with Gasteiger partial charge >= 0.3 is 0 Å². The zero-order valence-corrected chi connectivity index (χ0v) is 12.9. The van der Waals surface area contributed by atoms with E-state index in [4.69, 9.17) is 0 Å². The number of sulfonamides is 1. The van der Waals surface area contributed by atoms with Crippen LogP contribution in [-0.2, 0) is 16.6 Å². The third kappa shape index (κ3) is 2.60. The molecule has 0 bridgehead atoms. The third-order valence-electron chi connectivity index (χ3n) is 3.46. The van der Waals surface area contributed by atoms with Crippen LogP contribution in [0.3, 0.4) is 0 Å². The van der Waals surface area contributed by atoms with Crippen molar-refractivity contribution < 1.29 is 8.42 Å². The van der Waals surface area contributed by atoms with Crippen LogP contribution in [0.15, 0.2) is 60.0 Å². The molecule has 0 amide bonds. The highest BCUT2D eigenvalue weighted by Crippen LogP contribution is 2.17. The molecule has 0 radical (unpaired) electrons. The largest absolute Gasteiger partial charge is 0.303 e. The summed E-state index contributed by atoms with van der Waals surface area (Å²) < 4.78 is 28.7. The lowest BCUT2D eigenvalue weighted by Crippen LogP contribution is -2.31. The molecule has 3 aromatic rings. The molecular formula is C15H16N4O2S. The van der Waals surface area contributed by atoms with E-state index in [2.05, 4.69) is 9.97 Å². The van der Waals surface area contributed by atoms with Gasteiger partial charge in [-0.15, -0.1) is 0 Å². The predicted molar refractivity (Wildman–Crippen MR) is 82.7 cm³/mol. The number of hydrogen-bond acceptors (Lipinski definition) is 4. The lowest BCUT2D eigenvalue weighted by atomic mass is 10.4. The minimum absolute atomic E-state index is 0.200. The van der Waals surface area contributed by atoms with Crippen molar-refractivity contribution >= 4 is 15.7 Å². The fourth-order valence-corrected chi connectivity index (χ4v) is 3.68. The highest BCUT2D eigenvalue weighted by Gasteiger charge is 2.24. The minimum Gasteiger partial charge on any atom is -0.303 e. The molecule has 0 saturated carbocycles. The molecule has 0 unspecified atom stereocenters. The Hall–Kier alpha value is -2.25. The lowest BCUT2D eigenvalue weighted by Gasteiger charge is -2.20. The summed E-state index contributed by atoms with van der Waals surface area (Å²) in [6, 6.07) is 8.85. The molecule has 3 aromatic heterocycles. The van der Waals surface area contributed by atoms with Gasteiger partial charge in [-0.1, -0.05) is 13.0 Å². The van der Waals surface area contributed by atoms with Crippen molar-refractivity contribution in [3.8, 4) is 0 Å². The van der Waals surface area contributed by atoms with Gasteiger partial charge < -0.3 is 4.40 Å². The summed E-state index contributed by atoms with van der Waals surface area (Å²) in [5.41, 5.74) is 1.62. The number of fused-ring (bicyclic) bond motifs is 1. The molecule has 0 fully saturated rings. The topological polar surface area (TPSA) is 67.6 Å². The summed E-state index contributed by atoms with van der Waals surface area (Å²) in [6.07, 6.45) is 6.51. The number of imidazole rings is 1. The molecule has 0 aliphatic heterocycles. The number of pyridine rings is 2. The maximum absolute atomic E-state index is 12.7. The molecule has 0 N–H and O–H groups in total. The highest BCUT2D eigenvalue weighted by molar-refractivity contribution is 7.89. The summed E-state index contributed by atoms with van der Waals surface area (Å²) in [7, 11) is -3.57. The smallest absolute Gasteiger partial charge is 0.244 e. The van der Waals surface area contributed by atoms with E-state index in [-0.39, 0.29) is 11.4 Å². The van der Waals surface area contributed by atoms with Gasteiger partial charge in [0.2, 0.25) is 10.0 Å². The first-order valence-electron chi connectivity index (χ1n) is 6.94. The number of aromatic nitrogens is 3. The second kappa shape index (κ2) is 5.86. The fourth-order valence-electron chi connectivity index (χ4n) is 2.30. The first-order valence-corrected chi connectivity index (χ1v) is 8.38. The molecule has 7 heteroatoms. The maximum atomic E-state index is 12.7. The van der Waals surface area contributed by atoms with E-state index < -0.39 is 10.0 Å². The number of hydrogen-bond donors (Lipinski definition) is 0. The van der Waals surface area contributed by atoms with Gasteiger partial charge in [-0.2, -0.15) is 4.31 Å². The standard InChI is InChI=1S/C15H16N4O2S/c1-2-18(22(20,21)14-6-5-8-16-11-14)12-13-10-17-15-7-3-4-9-19(13)15/h3-11H,2,12H2,1H3. The molecule has 114 valence electrons. The van der Waals surface area contributed by atoms with E-state index in [9.17, 15) is 8.42 Å². The zero-order chi connectivity index (χ0) is 15.6. The van der Waals surface area contributed by atoms with Gasteiger partial charge in [0.15, 0.2) is 0 Å². The van der Waals surface area contributed by atoms with Crippen molar-refractivity contribution in [1.82, 2.24) is 18.7 Å². The van der Waals surface area contributed by atoms with Crippen LogP contribution < -0.4 is 0 Å². The van der Waals surface area contributed by atoms with Gasteiger partial charge in [0, 0.05) is 25.1 Å². The molecule has 0 saturated heterocycles. The van der Waals surface area contributed by atoms with Gasteiger partial charge in [-0.25, -0.2) is 13.4 Å². The van der Waals surface area contributed by atoms with Crippen LogP contribution in [0.1, 0.15) is 12.6 Å². The fraction of sp³-hybridized carbons (Fsp3) is 0.200. The van der Waals surface area contributed by atoms with Crippen LogP contribution in [0, 0.1) is 0 Å². The number of nitrogens with zero attached hydrogens (tertiary/aromatic N) is 4. The Balaban J connectivity index is 1.95. The number of rotatable bonds is 5. The van der Waals surface area contributed by atoms with Crippen molar-refractivity contribution in [1.29, 1.82) is 0 Å². The van der Waals surface area contributed by atoms with Crippen LogP contribution in [0.5, 0.6) is 0 Å². The van der Waals surface area contributed by atoms with Crippen molar-refractivity contribution in [2.75, 3.05) is 6.54 Å². The van der Waals surface area contributed by atoms with Crippen molar-refractivity contribution in [3.05, 3.63) is 60.8 Å². The van der Waals surface area contributed by atoms with Gasteiger partial charge in [0.25, 0.3) is 0 Å². The van der Waals surface area contributed by atoms with E-state index in [1.54, 1.807) is 24.5 Å². The first kappa shape index (κ1) is 14.7. The molecule has 0 aliphatic rings. The maximum Gasteiger partial charge on any atom is 0.244 e. The van der Waals surface area contributed by atoms with Crippen LogP contribution in [-0.4, -0.2) is 33.6 Å². The predicted octanol–water partition coefficient (Wildman–Crippen LogP) is 1.94. The van der Waals surface area contributed by atoms with E-state index in [1.165, 1.54) is 10.5 Å². The monoisotopic (exact) mass is 316 g/mol. The van der Waals surface area contributed by atoms with Crippen LogP contribution in [0.2, 0.25) is 0 Å². The van der Waals surface area contributed by atoms with Crippen LogP contribution in [0.25, 0.3) is 5.65 Å². The summed E-state index contributed by atoms with van der Waals surface area (Å²) in [5, 5.41) is 0. The molecule has 22 heavy (non-hydrogen) atoms. The molecular weight excluding hydrogens is 300 g/mol. The van der Waals surface area contributed by atoms with E-state index in [0.717, 1.165) is 11.3 Å². The Kier molecular flexibility index (Phi) is 3.91. The second-order valence-electron chi connectivity index (χ2n) is 4.80. The molecule has 0 atom stereocenters. The summed E-state index contributed by atoms with van der Waals surface area (Å²) >= 11 is 0. The lowest BCUT2D eigenvalue weighted by molar-refractivity contribution is 0.418. The highest BCUT2D eigenvalue weighted by atomic mass is 32.2.